The molecule has 0 saturated heterocycles. The first kappa shape index (κ1) is 15.2. The third-order valence-corrected chi connectivity index (χ3v) is 4.25. The number of carbonyl (C=O) groups excluding carboxylic acids is 2. The minimum atomic E-state index is -1.03. The lowest BCUT2D eigenvalue weighted by Crippen LogP contribution is -2.51. The number of amides is 2. The van der Waals surface area contributed by atoms with Crippen molar-refractivity contribution < 1.29 is 19.5 Å². The lowest BCUT2D eigenvalue weighted by atomic mass is 9.93. The molecule has 2 amide bonds. The van der Waals surface area contributed by atoms with Crippen LogP contribution in [-0.2, 0) is 27.3 Å². The number of carbonyl (C=O) groups is 3. The SMILES string of the molecule is CN1N=C(C(=O)N2Cc3ccccc3C[C@@H]2C(=O)O)CCC1=O. The molecule has 0 unspecified atom stereocenters. The third-order valence-electron chi connectivity index (χ3n) is 4.25. The summed E-state index contributed by atoms with van der Waals surface area (Å²) < 4.78 is 0. The predicted octanol–water partition coefficient (Wildman–Crippen LogP) is 0.633. The number of hydrogen-bond acceptors (Lipinski definition) is 4. The molecule has 1 aromatic rings. The highest BCUT2D eigenvalue weighted by Gasteiger charge is 2.37. The second-order valence-corrected chi connectivity index (χ2v) is 5.72. The van der Waals surface area contributed by atoms with Crippen molar-refractivity contribution in [3.05, 3.63) is 35.4 Å². The van der Waals surface area contributed by atoms with Crippen LogP contribution in [0.4, 0.5) is 0 Å². The molecule has 0 fully saturated rings. The molecule has 0 saturated carbocycles. The van der Waals surface area contributed by atoms with Gasteiger partial charge in [-0.2, -0.15) is 5.10 Å². The Hall–Kier alpha value is -2.70. The van der Waals surface area contributed by atoms with Gasteiger partial charge in [-0.3, -0.25) is 9.59 Å². The van der Waals surface area contributed by atoms with Crippen molar-refractivity contribution in [2.45, 2.75) is 31.8 Å². The first-order valence-electron chi connectivity index (χ1n) is 7.42. The van der Waals surface area contributed by atoms with Crippen LogP contribution in [0.15, 0.2) is 29.4 Å². The zero-order chi connectivity index (χ0) is 16.6. The molecular weight excluding hydrogens is 298 g/mol. The lowest BCUT2D eigenvalue weighted by Gasteiger charge is -2.35. The van der Waals surface area contributed by atoms with E-state index in [4.69, 9.17) is 0 Å². The van der Waals surface area contributed by atoms with Crippen LogP contribution in [-0.4, -0.2) is 51.6 Å². The number of nitrogens with zero attached hydrogens (tertiary/aromatic N) is 3. The molecule has 7 heteroatoms. The Labute approximate surface area is 133 Å². The van der Waals surface area contributed by atoms with Crippen molar-refractivity contribution in [2.75, 3.05) is 7.05 Å². The number of benzene rings is 1. The van der Waals surface area contributed by atoms with Crippen molar-refractivity contribution in [3.63, 3.8) is 0 Å². The number of rotatable bonds is 2. The van der Waals surface area contributed by atoms with Crippen LogP contribution in [0, 0.1) is 0 Å². The topological polar surface area (TPSA) is 90.3 Å². The maximum absolute atomic E-state index is 12.7. The van der Waals surface area contributed by atoms with Crippen molar-refractivity contribution >= 4 is 23.5 Å². The summed E-state index contributed by atoms with van der Waals surface area (Å²) in [7, 11) is 1.49. The van der Waals surface area contributed by atoms with E-state index in [1.165, 1.54) is 11.9 Å². The van der Waals surface area contributed by atoms with E-state index in [0.29, 0.717) is 0 Å². The summed E-state index contributed by atoms with van der Waals surface area (Å²) in [5.41, 5.74) is 2.12. The van der Waals surface area contributed by atoms with Crippen molar-refractivity contribution in [1.82, 2.24) is 9.91 Å². The summed E-state index contributed by atoms with van der Waals surface area (Å²) in [6, 6.07) is 6.60. The van der Waals surface area contributed by atoms with E-state index >= 15 is 0 Å². The average molecular weight is 315 g/mol. The molecule has 1 aromatic carbocycles. The second kappa shape index (κ2) is 5.83. The standard InChI is InChI=1S/C16H17N3O4/c1-18-14(20)7-6-12(17-18)15(21)19-9-11-5-3-2-4-10(11)8-13(19)16(22)23/h2-5,13H,6-9H2,1H3,(H,22,23)/t13-/m1/s1. The molecule has 1 atom stereocenters. The Morgan fingerprint density at radius 1 is 1.22 bits per heavy atom. The van der Waals surface area contributed by atoms with E-state index < -0.39 is 17.9 Å². The van der Waals surface area contributed by atoms with Gasteiger partial charge in [-0.1, -0.05) is 24.3 Å². The van der Waals surface area contributed by atoms with Crippen LogP contribution in [0.5, 0.6) is 0 Å². The maximum Gasteiger partial charge on any atom is 0.326 e. The number of aliphatic carboxylic acids is 1. The molecule has 2 aliphatic heterocycles. The molecule has 0 aliphatic carbocycles. The van der Waals surface area contributed by atoms with Gasteiger partial charge >= 0.3 is 5.97 Å². The zero-order valence-electron chi connectivity index (χ0n) is 12.7. The summed E-state index contributed by atoms with van der Waals surface area (Å²) in [5.74, 6) is -1.60. The Balaban J connectivity index is 1.91. The van der Waals surface area contributed by atoms with Crippen LogP contribution in [0.1, 0.15) is 24.0 Å². The predicted molar refractivity (Wildman–Crippen MR) is 81.6 cm³/mol. The first-order chi connectivity index (χ1) is 11.0. The molecule has 120 valence electrons. The Morgan fingerprint density at radius 3 is 2.57 bits per heavy atom. The zero-order valence-corrected chi connectivity index (χ0v) is 12.7. The molecule has 2 aliphatic rings. The van der Waals surface area contributed by atoms with Crippen LogP contribution < -0.4 is 0 Å². The molecule has 7 nitrogen and oxygen atoms in total. The molecule has 0 radical (unpaired) electrons. The number of fused-ring (bicyclic) bond motifs is 1. The van der Waals surface area contributed by atoms with Gasteiger partial charge in [0.2, 0.25) is 5.91 Å². The van der Waals surface area contributed by atoms with Gasteiger partial charge in [-0.15, -0.1) is 0 Å². The molecular formula is C16H17N3O4. The van der Waals surface area contributed by atoms with Crippen LogP contribution in [0.3, 0.4) is 0 Å². The summed E-state index contributed by atoms with van der Waals surface area (Å²) in [6.45, 7) is 0.239. The van der Waals surface area contributed by atoms with Gasteiger partial charge in [0.25, 0.3) is 5.91 Å². The molecule has 2 heterocycles. The third kappa shape index (κ3) is 2.81. The molecule has 1 N–H and O–H groups in total. The maximum atomic E-state index is 12.7. The minimum absolute atomic E-state index is 0.152. The van der Waals surface area contributed by atoms with Gasteiger partial charge in [0, 0.05) is 32.9 Å². The Kier molecular flexibility index (Phi) is 3.85. The summed E-state index contributed by atoms with van der Waals surface area (Å²) in [6.07, 6.45) is 0.731. The lowest BCUT2D eigenvalue weighted by molar-refractivity contribution is -0.149. The first-order valence-corrected chi connectivity index (χ1v) is 7.42. The van der Waals surface area contributed by atoms with E-state index in [0.717, 1.165) is 16.1 Å². The normalized spacial score (nSPS) is 20.8. The Bertz CT molecular complexity index is 713. The van der Waals surface area contributed by atoms with Crippen molar-refractivity contribution in [1.29, 1.82) is 0 Å². The van der Waals surface area contributed by atoms with E-state index in [9.17, 15) is 19.5 Å². The number of hydrogen-bond donors (Lipinski definition) is 1. The fourth-order valence-electron chi connectivity index (χ4n) is 2.95. The second-order valence-electron chi connectivity index (χ2n) is 5.72. The van der Waals surface area contributed by atoms with Gasteiger partial charge < -0.3 is 10.0 Å². The molecule has 0 bridgehead atoms. The number of carboxylic acids is 1. The van der Waals surface area contributed by atoms with Crippen molar-refractivity contribution in [2.24, 2.45) is 5.10 Å². The monoisotopic (exact) mass is 315 g/mol. The highest BCUT2D eigenvalue weighted by molar-refractivity contribution is 6.39. The van der Waals surface area contributed by atoms with Gasteiger partial charge in [0.05, 0.1) is 0 Å². The van der Waals surface area contributed by atoms with Crippen molar-refractivity contribution in [3.8, 4) is 0 Å². The average Bonchev–Trinajstić information content (AvgIpc) is 2.55. The van der Waals surface area contributed by atoms with E-state index in [2.05, 4.69) is 5.10 Å². The fourth-order valence-corrected chi connectivity index (χ4v) is 2.95. The highest BCUT2D eigenvalue weighted by Crippen LogP contribution is 2.24. The van der Waals surface area contributed by atoms with Crippen LogP contribution >= 0.6 is 0 Å². The highest BCUT2D eigenvalue weighted by atomic mass is 16.4. The molecule has 0 aromatic heterocycles. The van der Waals surface area contributed by atoms with Gasteiger partial charge in [0.15, 0.2) is 0 Å². The molecule has 23 heavy (non-hydrogen) atoms. The van der Waals surface area contributed by atoms with E-state index in [1.807, 2.05) is 24.3 Å². The van der Waals surface area contributed by atoms with Gasteiger partial charge in [0.1, 0.15) is 11.8 Å². The smallest absolute Gasteiger partial charge is 0.326 e. The summed E-state index contributed by atoms with van der Waals surface area (Å²) >= 11 is 0. The van der Waals surface area contributed by atoms with Gasteiger partial charge in [-0.05, 0) is 11.1 Å². The summed E-state index contributed by atoms with van der Waals surface area (Å²) in [5, 5.41) is 14.6. The van der Waals surface area contributed by atoms with Crippen LogP contribution in [0.2, 0.25) is 0 Å². The van der Waals surface area contributed by atoms with Crippen LogP contribution in [0.25, 0.3) is 0 Å². The van der Waals surface area contributed by atoms with E-state index in [-0.39, 0.29) is 37.4 Å². The minimum Gasteiger partial charge on any atom is -0.480 e. The molecule has 0 spiro atoms. The number of hydrazone groups is 1. The molecule has 3 rings (SSSR count). The fraction of sp³-hybridized carbons (Fsp3) is 0.375. The summed E-state index contributed by atoms with van der Waals surface area (Å²) in [4.78, 5) is 37.1. The number of carboxylic acid groups (broad SMARTS) is 1. The Morgan fingerprint density at radius 2 is 1.91 bits per heavy atom. The van der Waals surface area contributed by atoms with Gasteiger partial charge in [-0.25, -0.2) is 9.80 Å². The van der Waals surface area contributed by atoms with E-state index in [1.54, 1.807) is 0 Å². The quantitative estimate of drug-likeness (QED) is 0.867. The largest absolute Gasteiger partial charge is 0.480 e.